The highest BCUT2D eigenvalue weighted by Gasteiger charge is 2.10. The molecule has 2 aromatic carbocycles. The molecule has 0 amide bonds. The van der Waals surface area contributed by atoms with Crippen LogP contribution in [0.4, 0.5) is 0 Å². The Bertz CT molecular complexity index is 573. The Balaban J connectivity index is 2.20. The summed E-state index contributed by atoms with van der Waals surface area (Å²) in [5.41, 5.74) is 5.20. The molecule has 0 heterocycles. The minimum atomic E-state index is 0.268. The molecular weight excluding hydrogens is 387 g/mol. The SMILES string of the molecule is Cc1ccc(CC(Br)c2cc(Cl)cc(Br)c2)cc1C. The van der Waals surface area contributed by atoms with Crippen molar-refractivity contribution in [3.63, 3.8) is 0 Å². The van der Waals surface area contributed by atoms with Gasteiger partial charge in [0.1, 0.15) is 0 Å². The largest absolute Gasteiger partial charge is 0.0843 e. The first-order valence-corrected chi connectivity index (χ1v) is 8.20. The summed E-state index contributed by atoms with van der Waals surface area (Å²) in [6, 6.07) is 12.6. The van der Waals surface area contributed by atoms with Gasteiger partial charge in [-0.1, -0.05) is 61.7 Å². The third-order valence-corrected chi connectivity index (χ3v) is 4.76. The quantitative estimate of drug-likeness (QED) is 0.521. The molecule has 0 saturated carbocycles. The van der Waals surface area contributed by atoms with Crippen LogP contribution in [0.3, 0.4) is 0 Å². The first-order valence-electron chi connectivity index (χ1n) is 6.12. The van der Waals surface area contributed by atoms with Crippen molar-refractivity contribution in [2.75, 3.05) is 0 Å². The summed E-state index contributed by atoms with van der Waals surface area (Å²) in [4.78, 5) is 0.268. The number of alkyl halides is 1. The molecule has 0 spiro atoms. The van der Waals surface area contributed by atoms with E-state index in [2.05, 4.69) is 70.0 Å². The highest BCUT2D eigenvalue weighted by Crippen LogP contribution is 2.31. The molecule has 2 aromatic rings. The zero-order valence-electron chi connectivity index (χ0n) is 10.9. The van der Waals surface area contributed by atoms with Gasteiger partial charge in [0.15, 0.2) is 0 Å². The lowest BCUT2D eigenvalue weighted by Gasteiger charge is -2.12. The lowest BCUT2D eigenvalue weighted by molar-refractivity contribution is 0.944. The number of halogens is 3. The van der Waals surface area contributed by atoms with Gasteiger partial charge >= 0.3 is 0 Å². The van der Waals surface area contributed by atoms with Crippen LogP contribution in [0, 0.1) is 13.8 Å². The molecule has 1 atom stereocenters. The van der Waals surface area contributed by atoms with Gasteiger partial charge in [-0.3, -0.25) is 0 Å². The van der Waals surface area contributed by atoms with Gasteiger partial charge < -0.3 is 0 Å². The molecule has 0 bridgehead atoms. The molecular formula is C16H15Br2Cl. The minimum absolute atomic E-state index is 0.268. The van der Waals surface area contributed by atoms with Crippen LogP contribution in [-0.2, 0) is 6.42 Å². The van der Waals surface area contributed by atoms with Crippen LogP contribution in [0.5, 0.6) is 0 Å². The van der Waals surface area contributed by atoms with E-state index in [4.69, 9.17) is 11.6 Å². The first-order chi connectivity index (χ1) is 8.95. The predicted octanol–water partition coefficient (Wildman–Crippen LogP) is 6.40. The van der Waals surface area contributed by atoms with Crippen LogP contribution in [0.2, 0.25) is 5.02 Å². The maximum absolute atomic E-state index is 6.09. The lowest BCUT2D eigenvalue weighted by atomic mass is 10.0. The third kappa shape index (κ3) is 4.08. The molecule has 0 nitrogen and oxygen atoms in total. The lowest BCUT2D eigenvalue weighted by Crippen LogP contribution is -1.97. The van der Waals surface area contributed by atoms with Gasteiger partial charge in [0.2, 0.25) is 0 Å². The van der Waals surface area contributed by atoms with Crippen molar-refractivity contribution < 1.29 is 0 Å². The van der Waals surface area contributed by atoms with E-state index in [9.17, 15) is 0 Å². The molecule has 0 aliphatic carbocycles. The van der Waals surface area contributed by atoms with Crippen molar-refractivity contribution in [1.29, 1.82) is 0 Å². The molecule has 0 aliphatic heterocycles. The molecule has 0 saturated heterocycles. The minimum Gasteiger partial charge on any atom is -0.0843 e. The van der Waals surface area contributed by atoms with E-state index in [0.717, 1.165) is 15.9 Å². The summed E-state index contributed by atoms with van der Waals surface area (Å²) in [6.07, 6.45) is 0.952. The second kappa shape index (κ2) is 6.43. The van der Waals surface area contributed by atoms with Gasteiger partial charge in [-0.25, -0.2) is 0 Å². The molecule has 0 N–H and O–H groups in total. The molecule has 0 aromatic heterocycles. The van der Waals surface area contributed by atoms with Crippen LogP contribution >= 0.6 is 43.5 Å². The van der Waals surface area contributed by atoms with Crippen LogP contribution in [0.1, 0.15) is 27.1 Å². The average molecular weight is 403 g/mol. The smallest absolute Gasteiger partial charge is 0.0436 e. The molecule has 19 heavy (non-hydrogen) atoms. The molecule has 3 heteroatoms. The normalized spacial score (nSPS) is 12.5. The van der Waals surface area contributed by atoms with E-state index in [1.165, 1.54) is 22.3 Å². The first kappa shape index (κ1) is 15.1. The van der Waals surface area contributed by atoms with Gasteiger partial charge in [-0.05, 0) is 60.7 Å². The Morgan fingerprint density at radius 3 is 2.42 bits per heavy atom. The number of aryl methyl sites for hydroxylation is 2. The zero-order valence-corrected chi connectivity index (χ0v) is 14.8. The topological polar surface area (TPSA) is 0 Å². The van der Waals surface area contributed by atoms with Crippen molar-refractivity contribution >= 4 is 43.5 Å². The molecule has 0 fully saturated rings. The van der Waals surface area contributed by atoms with Crippen LogP contribution in [0.25, 0.3) is 0 Å². The molecule has 100 valence electrons. The van der Waals surface area contributed by atoms with E-state index >= 15 is 0 Å². The fraction of sp³-hybridized carbons (Fsp3) is 0.250. The number of rotatable bonds is 3. The fourth-order valence-electron chi connectivity index (χ4n) is 2.01. The number of hydrogen-bond donors (Lipinski definition) is 0. The molecule has 1 unspecified atom stereocenters. The van der Waals surface area contributed by atoms with Crippen LogP contribution < -0.4 is 0 Å². The van der Waals surface area contributed by atoms with Gasteiger partial charge in [0, 0.05) is 14.3 Å². The van der Waals surface area contributed by atoms with E-state index in [-0.39, 0.29) is 4.83 Å². The van der Waals surface area contributed by atoms with Gasteiger partial charge in [0.05, 0.1) is 0 Å². The van der Waals surface area contributed by atoms with E-state index in [0.29, 0.717) is 0 Å². The summed E-state index contributed by atoms with van der Waals surface area (Å²) in [5, 5.41) is 0.758. The summed E-state index contributed by atoms with van der Waals surface area (Å²) < 4.78 is 1.01. The van der Waals surface area contributed by atoms with Gasteiger partial charge in [0.25, 0.3) is 0 Å². The highest BCUT2D eigenvalue weighted by atomic mass is 79.9. The zero-order chi connectivity index (χ0) is 14.0. The van der Waals surface area contributed by atoms with E-state index < -0.39 is 0 Å². The van der Waals surface area contributed by atoms with Crippen molar-refractivity contribution in [1.82, 2.24) is 0 Å². The van der Waals surface area contributed by atoms with Crippen molar-refractivity contribution in [2.24, 2.45) is 0 Å². The van der Waals surface area contributed by atoms with Crippen LogP contribution in [-0.4, -0.2) is 0 Å². The Morgan fingerprint density at radius 2 is 1.79 bits per heavy atom. The second-order valence-corrected chi connectivity index (χ2v) is 7.25. The van der Waals surface area contributed by atoms with Crippen molar-refractivity contribution in [2.45, 2.75) is 25.1 Å². The maximum Gasteiger partial charge on any atom is 0.0436 e. The summed E-state index contributed by atoms with van der Waals surface area (Å²) in [7, 11) is 0. The second-order valence-electron chi connectivity index (χ2n) is 4.79. The van der Waals surface area contributed by atoms with Crippen LogP contribution in [0.15, 0.2) is 40.9 Å². The van der Waals surface area contributed by atoms with Crippen molar-refractivity contribution in [3.05, 3.63) is 68.1 Å². The molecule has 0 aliphatic rings. The van der Waals surface area contributed by atoms with E-state index in [1.54, 1.807) is 0 Å². The Kier molecular flexibility index (Phi) is 5.10. The van der Waals surface area contributed by atoms with E-state index in [1.807, 2.05) is 12.1 Å². The van der Waals surface area contributed by atoms with Crippen molar-refractivity contribution in [3.8, 4) is 0 Å². The molecule has 2 rings (SSSR count). The average Bonchev–Trinajstić information content (AvgIpc) is 2.32. The third-order valence-electron chi connectivity index (χ3n) is 3.23. The summed E-state index contributed by atoms with van der Waals surface area (Å²) in [6.45, 7) is 4.29. The van der Waals surface area contributed by atoms with Gasteiger partial charge in [-0.15, -0.1) is 0 Å². The Morgan fingerprint density at radius 1 is 1.05 bits per heavy atom. The Hall–Kier alpha value is -0.310. The number of benzene rings is 2. The summed E-state index contributed by atoms with van der Waals surface area (Å²) >= 11 is 13.3. The maximum atomic E-state index is 6.09. The highest BCUT2D eigenvalue weighted by molar-refractivity contribution is 9.10. The van der Waals surface area contributed by atoms with Gasteiger partial charge in [-0.2, -0.15) is 0 Å². The standard InChI is InChI=1S/C16H15Br2Cl/c1-10-3-4-12(5-11(10)2)6-16(18)13-7-14(17)9-15(19)8-13/h3-5,7-9,16H,6H2,1-2H3. The summed E-state index contributed by atoms with van der Waals surface area (Å²) in [5.74, 6) is 0. The monoisotopic (exact) mass is 400 g/mol. The fourth-order valence-corrected chi connectivity index (χ4v) is 3.54. The Labute approximate surface area is 136 Å². The molecule has 0 radical (unpaired) electrons. The predicted molar refractivity (Wildman–Crippen MR) is 90.4 cm³/mol. The number of hydrogen-bond acceptors (Lipinski definition) is 0.